The van der Waals surface area contributed by atoms with E-state index in [1.807, 2.05) is 0 Å². The first-order valence-electron chi connectivity index (χ1n) is 8.00. The number of nitrogens with zero attached hydrogens (tertiary/aromatic N) is 2. The molecule has 0 unspecified atom stereocenters. The van der Waals surface area contributed by atoms with E-state index in [2.05, 4.69) is 20.2 Å². The molecule has 9 heteroatoms. The molecule has 1 aromatic carbocycles. The molecular formula is C17H18ClFN4O2S. The number of nitrogens with one attached hydrogen (secondary N) is 2. The molecule has 1 aliphatic heterocycles. The Morgan fingerprint density at radius 1 is 1.08 bits per heavy atom. The Morgan fingerprint density at radius 3 is 2.54 bits per heavy atom. The highest BCUT2D eigenvalue weighted by molar-refractivity contribution is 7.91. The fraction of sp³-hybridized carbons (Fsp3) is 0.235. The maximum Gasteiger partial charge on any atom is 0.211 e. The van der Waals surface area contributed by atoms with Crippen molar-refractivity contribution >= 4 is 39.0 Å². The van der Waals surface area contributed by atoms with Crippen LogP contribution in [0, 0.1) is 5.82 Å². The molecule has 3 heterocycles. The molecule has 0 saturated carbocycles. The Hall–Kier alpha value is -2.16. The number of rotatable bonds is 3. The lowest BCUT2D eigenvalue weighted by atomic mass is 10.2. The van der Waals surface area contributed by atoms with Crippen molar-refractivity contribution < 1.29 is 12.8 Å². The van der Waals surface area contributed by atoms with E-state index >= 15 is 0 Å². The molecule has 26 heavy (non-hydrogen) atoms. The molecule has 0 aliphatic carbocycles. The smallest absolute Gasteiger partial charge is 0.211 e. The van der Waals surface area contributed by atoms with E-state index in [-0.39, 0.29) is 22.2 Å². The lowest BCUT2D eigenvalue weighted by Gasteiger charge is -2.28. The first-order valence-corrected chi connectivity index (χ1v) is 9.49. The third-order valence-corrected chi connectivity index (χ3v) is 6.20. The van der Waals surface area contributed by atoms with E-state index in [4.69, 9.17) is 0 Å². The van der Waals surface area contributed by atoms with Gasteiger partial charge in [-0.05, 0) is 18.2 Å². The molecule has 0 spiro atoms. The second-order valence-corrected chi connectivity index (χ2v) is 7.77. The van der Waals surface area contributed by atoms with E-state index in [1.165, 1.54) is 24.4 Å². The molecule has 6 nitrogen and oxygen atoms in total. The van der Waals surface area contributed by atoms with Crippen LogP contribution in [0.3, 0.4) is 0 Å². The third kappa shape index (κ3) is 3.04. The van der Waals surface area contributed by atoms with Gasteiger partial charge in [-0.25, -0.2) is 17.8 Å². The van der Waals surface area contributed by atoms with Crippen LogP contribution in [0.1, 0.15) is 0 Å². The van der Waals surface area contributed by atoms with E-state index in [9.17, 15) is 12.8 Å². The quantitative estimate of drug-likeness (QED) is 0.710. The van der Waals surface area contributed by atoms with Crippen molar-refractivity contribution in [2.45, 2.75) is 9.79 Å². The number of aromatic nitrogens is 2. The minimum atomic E-state index is -3.97. The topological polar surface area (TPSA) is 78.1 Å². The molecule has 4 rings (SSSR count). The number of pyridine rings is 1. The number of hydrogen-bond acceptors (Lipinski definition) is 5. The third-order valence-electron chi connectivity index (χ3n) is 4.38. The predicted molar refractivity (Wildman–Crippen MR) is 100 cm³/mol. The molecule has 1 fully saturated rings. The van der Waals surface area contributed by atoms with Crippen LogP contribution >= 0.6 is 12.4 Å². The van der Waals surface area contributed by atoms with Gasteiger partial charge in [0, 0.05) is 44.0 Å². The zero-order valence-electron chi connectivity index (χ0n) is 13.8. The first-order chi connectivity index (χ1) is 12.1. The number of benzene rings is 1. The van der Waals surface area contributed by atoms with Gasteiger partial charge in [-0.1, -0.05) is 12.1 Å². The van der Waals surface area contributed by atoms with Gasteiger partial charge in [0.05, 0.1) is 10.4 Å². The second kappa shape index (κ2) is 7.22. The Bertz CT molecular complexity index is 1030. The van der Waals surface area contributed by atoms with E-state index < -0.39 is 15.7 Å². The van der Waals surface area contributed by atoms with Crippen LogP contribution in [0.4, 0.5) is 10.2 Å². The van der Waals surface area contributed by atoms with E-state index in [1.54, 1.807) is 12.3 Å². The summed E-state index contributed by atoms with van der Waals surface area (Å²) in [6.07, 6.45) is 3.01. The molecule has 2 N–H and O–H groups in total. The Morgan fingerprint density at radius 2 is 1.81 bits per heavy atom. The number of sulfone groups is 1. The summed E-state index contributed by atoms with van der Waals surface area (Å²) >= 11 is 0. The standard InChI is InChI=1S/C17H17FN4O2S.ClH/c18-13-3-1-2-4-14(13)25(23,24)15-11-21-16-12(15)5-6-20-17(16)22-9-7-19-8-10-22;/h1-6,11,19,21H,7-10H2;1H. The summed E-state index contributed by atoms with van der Waals surface area (Å²) < 4.78 is 39.9. The van der Waals surface area contributed by atoms with Gasteiger partial charge in [0.1, 0.15) is 10.7 Å². The molecule has 0 bridgehead atoms. The molecular weight excluding hydrogens is 379 g/mol. The van der Waals surface area contributed by atoms with Crippen LogP contribution < -0.4 is 10.2 Å². The number of halogens is 2. The van der Waals surface area contributed by atoms with Crippen LogP contribution in [0.15, 0.2) is 52.5 Å². The lowest BCUT2D eigenvalue weighted by Crippen LogP contribution is -2.44. The van der Waals surface area contributed by atoms with Gasteiger partial charge in [-0.2, -0.15) is 0 Å². The minimum Gasteiger partial charge on any atom is -0.357 e. The summed E-state index contributed by atoms with van der Waals surface area (Å²) in [6.45, 7) is 3.28. The van der Waals surface area contributed by atoms with Crippen LogP contribution in [-0.4, -0.2) is 44.6 Å². The molecule has 2 aromatic heterocycles. The molecule has 0 amide bonds. The van der Waals surface area contributed by atoms with Crippen molar-refractivity contribution in [2.24, 2.45) is 0 Å². The predicted octanol–water partition coefficient (Wildman–Crippen LogP) is 2.37. The highest BCUT2D eigenvalue weighted by Gasteiger charge is 2.26. The van der Waals surface area contributed by atoms with Crippen molar-refractivity contribution in [3.63, 3.8) is 0 Å². The second-order valence-electron chi connectivity index (χ2n) is 5.88. The highest BCUT2D eigenvalue weighted by Crippen LogP contribution is 2.32. The largest absolute Gasteiger partial charge is 0.357 e. The van der Waals surface area contributed by atoms with Gasteiger partial charge in [0.2, 0.25) is 9.84 Å². The normalized spacial score (nSPS) is 15.0. The average molecular weight is 397 g/mol. The van der Waals surface area contributed by atoms with Crippen molar-refractivity contribution in [1.82, 2.24) is 15.3 Å². The van der Waals surface area contributed by atoms with Crippen LogP contribution in [0.5, 0.6) is 0 Å². The van der Waals surface area contributed by atoms with E-state index in [0.29, 0.717) is 16.7 Å². The number of hydrogen-bond donors (Lipinski definition) is 2. The molecule has 0 radical (unpaired) electrons. The summed E-state index contributed by atoms with van der Waals surface area (Å²) in [5, 5.41) is 3.79. The highest BCUT2D eigenvalue weighted by atomic mass is 35.5. The zero-order chi connectivity index (χ0) is 17.4. The van der Waals surface area contributed by atoms with Crippen molar-refractivity contribution in [2.75, 3.05) is 31.1 Å². The van der Waals surface area contributed by atoms with Gasteiger partial charge in [0.15, 0.2) is 5.82 Å². The number of H-pyrrole nitrogens is 1. The Labute approximate surface area is 156 Å². The van der Waals surface area contributed by atoms with Crippen molar-refractivity contribution in [3.8, 4) is 0 Å². The fourth-order valence-corrected chi connectivity index (χ4v) is 4.63. The summed E-state index contributed by atoms with van der Waals surface area (Å²) in [6, 6.07) is 7.05. The summed E-state index contributed by atoms with van der Waals surface area (Å²) in [7, 11) is -3.97. The maximum atomic E-state index is 14.0. The molecule has 3 aromatic rings. The number of piperazine rings is 1. The van der Waals surface area contributed by atoms with Crippen molar-refractivity contribution in [1.29, 1.82) is 0 Å². The van der Waals surface area contributed by atoms with E-state index in [0.717, 1.165) is 32.2 Å². The number of aromatic amines is 1. The SMILES string of the molecule is Cl.O=S(=O)(c1ccccc1F)c1c[nH]c2c(N3CCNCC3)nccc12. The monoisotopic (exact) mass is 396 g/mol. The number of fused-ring (bicyclic) bond motifs is 1. The summed E-state index contributed by atoms with van der Waals surface area (Å²) in [5.41, 5.74) is 0.652. The van der Waals surface area contributed by atoms with Crippen molar-refractivity contribution in [3.05, 3.63) is 48.5 Å². The Balaban J connectivity index is 0.00000196. The molecule has 138 valence electrons. The average Bonchev–Trinajstić information content (AvgIpc) is 3.07. The fourth-order valence-electron chi connectivity index (χ4n) is 3.13. The van der Waals surface area contributed by atoms with Crippen LogP contribution in [0.2, 0.25) is 0 Å². The summed E-state index contributed by atoms with van der Waals surface area (Å²) in [4.78, 5) is 9.28. The Kier molecular flexibility index (Phi) is 5.17. The van der Waals surface area contributed by atoms with Gasteiger partial charge in [-0.15, -0.1) is 12.4 Å². The van der Waals surface area contributed by atoms with Crippen LogP contribution in [0.25, 0.3) is 10.9 Å². The molecule has 1 aliphatic rings. The first kappa shape index (κ1) is 18.6. The van der Waals surface area contributed by atoms with Gasteiger partial charge >= 0.3 is 0 Å². The van der Waals surface area contributed by atoms with Gasteiger partial charge in [0.25, 0.3) is 0 Å². The summed E-state index contributed by atoms with van der Waals surface area (Å²) in [5.74, 6) is -0.0396. The van der Waals surface area contributed by atoms with Gasteiger partial charge in [-0.3, -0.25) is 0 Å². The van der Waals surface area contributed by atoms with Crippen LogP contribution in [-0.2, 0) is 9.84 Å². The lowest BCUT2D eigenvalue weighted by molar-refractivity contribution is 0.567. The molecule has 1 saturated heterocycles. The zero-order valence-corrected chi connectivity index (χ0v) is 15.4. The number of anilines is 1. The molecule has 0 atom stereocenters. The minimum absolute atomic E-state index is 0. The maximum absolute atomic E-state index is 14.0. The van der Waals surface area contributed by atoms with Gasteiger partial charge < -0.3 is 15.2 Å².